The average Bonchev–Trinajstić information content (AvgIpc) is 3.34. The quantitative estimate of drug-likeness (QED) is 0.690. The third-order valence-electron chi connectivity index (χ3n) is 5.91. The van der Waals surface area contributed by atoms with Crippen LogP contribution in [0.25, 0.3) is 5.65 Å². The Morgan fingerprint density at radius 3 is 2.93 bits per heavy atom. The molecule has 2 saturated heterocycles. The van der Waals surface area contributed by atoms with Crippen LogP contribution in [0.1, 0.15) is 24.4 Å². The number of benzene rings is 1. The number of anilines is 2. The van der Waals surface area contributed by atoms with Gasteiger partial charge in [-0.3, -0.25) is 4.79 Å². The summed E-state index contributed by atoms with van der Waals surface area (Å²) in [6.45, 7) is 2.31. The Hall–Kier alpha value is -2.71. The van der Waals surface area contributed by atoms with Crippen molar-refractivity contribution in [1.29, 1.82) is 0 Å². The summed E-state index contributed by atoms with van der Waals surface area (Å²) in [6.07, 6.45) is 5.28. The summed E-state index contributed by atoms with van der Waals surface area (Å²) in [4.78, 5) is 21.5. The molecule has 0 radical (unpaired) electrons. The van der Waals surface area contributed by atoms with Crippen LogP contribution in [0.3, 0.4) is 0 Å². The highest BCUT2D eigenvalue weighted by atomic mass is 35.5. The number of halogens is 2. The van der Waals surface area contributed by atoms with E-state index >= 15 is 0 Å². The van der Waals surface area contributed by atoms with Gasteiger partial charge in [0.15, 0.2) is 5.65 Å². The molecule has 30 heavy (non-hydrogen) atoms. The molecule has 1 aromatic carbocycles. The van der Waals surface area contributed by atoms with E-state index in [-0.39, 0.29) is 23.7 Å². The van der Waals surface area contributed by atoms with E-state index in [1.807, 2.05) is 19.3 Å². The minimum absolute atomic E-state index is 0.00814. The van der Waals surface area contributed by atoms with Gasteiger partial charge in [-0.25, -0.2) is 13.9 Å². The van der Waals surface area contributed by atoms with Gasteiger partial charge in [-0.15, -0.1) is 0 Å². The zero-order valence-corrected chi connectivity index (χ0v) is 17.3. The fraction of sp³-hybridized carbons (Fsp3) is 0.381. The lowest BCUT2D eigenvalue weighted by molar-refractivity contribution is -0.124. The topological polar surface area (TPSA) is 65.8 Å². The van der Waals surface area contributed by atoms with Crippen molar-refractivity contribution in [3.8, 4) is 0 Å². The first-order valence-corrected chi connectivity index (χ1v) is 10.4. The molecule has 9 heteroatoms. The fourth-order valence-corrected chi connectivity index (χ4v) is 4.58. The first-order valence-electron chi connectivity index (χ1n) is 10.0. The molecule has 3 aromatic rings. The second-order valence-electron chi connectivity index (χ2n) is 8.04. The van der Waals surface area contributed by atoms with Gasteiger partial charge in [-0.2, -0.15) is 5.10 Å². The monoisotopic (exact) mass is 428 g/mol. The Morgan fingerprint density at radius 2 is 2.13 bits per heavy atom. The number of carbonyl (C=O) groups excluding carboxylic acids is 1. The van der Waals surface area contributed by atoms with Gasteiger partial charge in [0.2, 0.25) is 5.91 Å². The average molecular weight is 429 g/mol. The first kappa shape index (κ1) is 19.3. The van der Waals surface area contributed by atoms with E-state index in [0.717, 1.165) is 43.9 Å². The van der Waals surface area contributed by atoms with E-state index < -0.39 is 0 Å². The first-order chi connectivity index (χ1) is 14.5. The van der Waals surface area contributed by atoms with E-state index in [4.69, 9.17) is 16.6 Å². The molecule has 7 nitrogen and oxygen atoms in total. The zero-order chi connectivity index (χ0) is 20.8. The van der Waals surface area contributed by atoms with Crippen molar-refractivity contribution in [2.75, 3.05) is 36.9 Å². The minimum Gasteiger partial charge on any atom is -0.349 e. The summed E-state index contributed by atoms with van der Waals surface area (Å²) in [5, 5.41) is 7.82. The number of rotatable bonds is 4. The molecule has 1 atom stereocenters. The van der Waals surface area contributed by atoms with Crippen LogP contribution in [0.2, 0.25) is 5.02 Å². The summed E-state index contributed by atoms with van der Waals surface area (Å²) < 4.78 is 15.5. The van der Waals surface area contributed by atoms with E-state index in [9.17, 15) is 9.18 Å². The van der Waals surface area contributed by atoms with Crippen molar-refractivity contribution in [3.05, 3.63) is 53.1 Å². The van der Waals surface area contributed by atoms with Gasteiger partial charge >= 0.3 is 0 Å². The Kier molecular flexibility index (Phi) is 4.83. The normalized spacial score (nSPS) is 20.0. The lowest BCUT2D eigenvalue weighted by Crippen LogP contribution is -2.49. The molecule has 2 aliphatic heterocycles. The van der Waals surface area contributed by atoms with Crippen LogP contribution in [-0.4, -0.2) is 52.1 Å². The van der Waals surface area contributed by atoms with Gasteiger partial charge in [0.05, 0.1) is 18.2 Å². The lowest BCUT2D eigenvalue weighted by Gasteiger charge is -2.34. The predicted molar refractivity (Wildman–Crippen MR) is 113 cm³/mol. The number of carbonyl (C=O) groups is 1. The number of nitrogens with one attached hydrogen (secondary N) is 1. The second kappa shape index (κ2) is 7.52. The smallest absolute Gasteiger partial charge is 0.230 e. The third kappa shape index (κ3) is 3.40. The van der Waals surface area contributed by atoms with Gasteiger partial charge in [0.25, 0.3) is 0 Å². The van der Waals surface area contributed by atoms with E-state index in [2.05, 4.69) is 20.2 Å². The van der Waals surface area contributed by atoms with Crippen LogP contribution in [0.15, 0.2) is 36.7 Å². The number of aromatic nitrogens is 3. The largest absolute Gasteiger partial charge is 0.349 e. The fourth-order valence-electron chi connectivity index (χ4n) is 4.34. The van der Waals surface area contributed by atoms with Crippen molar-refractivity contribution in [1.82, 2.24) is 19.5 Å². The van der Waals surface area contributed by atoms with Crippen molar-refractivity contribution in [2.45, 2.75) is 18.9 Å². The molecule has 1 amide bonds. The summed E-state index contributed by atoms with van der Waals surface area (Å²) in [5.74, 6) is 0.434. The molecule has 0 spiro atoms. The van der Waals surface area contributed by atoms with Gasteiger partial charge in [-0.1, -0.05) is 11.6 Å². The van der Waals surface area contributed by atoms with Crippen molar-refractivity contribution in [3.63, 3.8) is 0 Å². The van der Waals surface area contributed by atoms with E-state index in [1.54, 1.807) is 16.8 Å². The van der Waals surface area contributed by atoms with Crippen molar-refractivity contribution >= 4 is 34.7 Å². The second-order valence-corrected chi connectivity index (χ2v) is 8.44. The Balaban J connectivity index is 1.44. The van der Waals surface area contributed by atoms with Crippen LogP contribution in [0, 0.1) is 11.7 Å². The summed E-state index contributed by atoms with van der Waals surface area (Å²) in [5.41, 5.74) is 1.95. The number of fused-ring (bicyclic) bond motifs is 1. The summed E-state index contributed by atoms with van der Waals surface area (Å²) >= 11 is 6.37. The molecular weight excluding hydrogens is 407 g/mol. The standard InChI is InChI=1S/C21H22ClFN6O/c1-27-11-13(12-27)21(30)25-17-10-24-29-8-6-19(26-20(17)29)28-7-2-3-18(28)15-9-14(23)4-5-16(15)22/h4-6,8-10,13,18H,2-3,7,11-12H2,1H3,(H,25,30). The van der Waals surface area contributed by atoms with Gasteiger partial charge in [0.1, 0.15) is 17.3 Å². The van der Waals surface area contributed by atoms with Gasteiger partial charge < -0.3 is 15.1 Å². The number of hydrogen-bond acceptors (Lipinski definition) is 5. The SMILES string of the molecule is CN1CC(C(=O)Nc2cnn3ccc(N4CCCC4c4cc(F)ccc4Cl)nc23)C1. The maximum atomic E-state index is 13.8. The molecule has 2 aromatic heterocycles. The Labute approximate surface area is 178 Å². The highest BCUT2D eigenvalue weighted by Crippen LogP contribution is 2.38. The van der Waals surface area contributed by atoms with E-state index in [1.165, 1.54) is 12.1 Å². The molecule has 2 fully saturated rings. The maximum absolute atomic E-state index is 13.8. The zero-order valence-electron chi connectivity index (χ0n) is 16.6. The molecule has 0 saturated carbocycles. The van der Waals surface area contributed by atoms with Crippen LogP contribution in [0.4, 0.5) is 15.9 Å². The van der Waals surface area contributed by atoms with Crippen LogP contribution in [-0.2, 0) is 4.79 Å². The molecular formula is C21H22ClFN6O. The summed E-state index contributed by atoms with van der Waals surface area (Å²) in [6, 6.07) is 6.31. The Bertz CT molecular complexity index is 1110. The molecule has 1 unspecified atom stereocenters. The summed E-state index contributed by atoms with van der Waals surface area (Å²) in [7, 11) is 1.99. The lowest BCUT2D eigenvalue weighted by atomic mass is 10.0. The molecule has 0 aliphatic carbocycles. The van der Waals surface area contributed by atoms with Crippen molar-refractivity contribution < 1.29 is 9.18 Å². The number of likely N-dealkylation sites (tertiary alicyclic amines) is 1. The minimum atomic E-state index is -0.299. The van der Waals surface area contributed by atoms with E-state index in [0.29, 0.717) is 16.4 Å². The van der Waals surface area contributed by atoms with Crippen LogP contribution >= 0.6 is 11.6 Å². The third-order valence-corrected chi connectivity index (χ3v) is 6.26. The molecule has 4 heterocycles. The highest BCUT2D eigenvalue weighted by molar-refractivity contribution is 6.31. The number of hydrogen-bond donors (Lipinski definition) is 1. The molecule has 1 N–H and O–H groups in total. The maximum Gasteiger partial charge on any atom is 0.230 e. The number of nitrogens with zero attached hydrogens (tertiary/aromatic N) is 5. The molecule has 156 valence electrons. The van der Waals surface area contributed by atoms with Gasteiger partial charge in [0, 0.05) is 30.9 Å². The van der Waals surface area contributed by atoms with Crippen LogP contribution in [0.5, 0.6) is 0 Å². The Morgan fingerprint density at radius 1 is 1.30 bits per heavy atom. The molecule has 0 bridgehead atoms. The van der Waals surface area contributed by atoms with Crippen LogP contribution < -0.4 is 10.2 Å². The van der Waals surface area contributed by atoms with Gasteiger partial charge in [-0.05, 0) is 49.7 Å². The highest BCUT2D eigenvalue weighted by Gasteiger charge is 2.31. The number of amides is 1. The van der Waals surface area contributed by atoms with Crippen molar-refractivity contribution in [2.24, 2.45) is 5.92 Å². The molecule has 2 aliphatic rings. The molecule has 5 rings (SSSR count). The predicted octanol–water partition coefficient (Wildman–Crippen LogP) is 3.36.